The molecule has 0 spiro atoms. The summed E-state index contributed by atoms with van der Waals surface area (Å²) in [4.78, 5) is 34.4. The highest BCUT2D eigenvalue weighted by Gasteiger charge is 2.23. The highest BCUT2D eigenvalue weighted by atomic mass is 16.6. The number of nitrogens with one attached hydrogen (secondary N) is 1. The van der Waals surface area contributed by atoms with Gasteiger partial charge in [0.15, 0.2) is 0 Å². The van der Waals surface area contributed by atoms with Gasteiger partial charge in [-0.15, -0.1) is 0 Å². The molecule has 4 N–H and O–H groups in total. The summed E-state index contributed by atoms with van der Waals surface area (Å²) in [6.07, 6.45) is -0.773. The van der Waals surface area contributed by atoms with Gasteiger partial charge in [0.05, 0.1) is 35.2 Å². The van der Waals surface area contributed by atoms with Gasteiger partial charge in [-0.05, 0) is 18.2 Å². The number of rotatable bonds is 4. The number of methoxy groups -OCH3 is 1. The summed E-state index contributed by atoms with van der Waals surface area (Å²) in [7, 11) is 1.17. The standard InChI is InChI=1S/C15H14N4O6/c1-25-15(22)17-10-4-2-3-5-11(10)18(14(16)21)12-7-6-9(19(23)24)8-13(12)20/h2-8,20H,1H3,(H2,16,21)(H,17,22). The van der Waals surface area contributed by atoms with Crippen LogP contribution in [0.4, 0.5) is 32.3 Å². The van der Waals surface area contributed by atoms with E-state index in [1.54, 1.807) is 12.1 Å². The number of urea groups is 1. The molecule has 0 heterocycles. The molecule has 10 nitrogen and oxygen atoms in total. The number of carbonyl (C=O) groups is 2. The van der Waals surface area contributed by atoms with Crippen LogP contribution in [-0.2, 0) is 4.74 Å². The lowest BCUT2D eigenvalue weighted by molar-refractivity contribution is -0.384. The number of phenols is 1. The Labute approximate surface area is 141 Å². The third-order valence-corrected chi connectivity index (χ3v) is 3.20. The Morgan fingerprint density at radius 3 is 2.48 bits per heavy atom. The maximum Gasteiger partial charge on any atom is 0.411 e. The summed E-state index contributed by atoms with van der Waals surface area (Å²) >= 11 is 0. The van der Waals surface area contributed by atoms with Crippen LogP contribution in [0.3, 0.4) is 0 Å². The van der Waals surface area contributed by atoms with E-state index in [0.717, 1.165) is 17.0 Å². The van der Waals surface area contributed by atoms with Crippen LogP contribution >= 0.6 is 0 Å². The highest BCUT2D eigenvalue weighted by Crippen LogP contribution is 2.38. The summed E-state index contributed by atoms with van der Waals surface area (Å²) < 4.78 is 4.51. The van der Waals surface area contributed by atoms with E-state index < -0.39 is 22.8 Å². The molecule has 0 aliphatic carbocycles. The molecule has 2 aromatic rings. The first kappa shape index (κ1) is 17.5. The van der Waals surface area contributed by atoms with Crippen molar-refractivity contribution in [1.29, 1.82) is 0 Å². The molecule has 0 aliphatic heterocycles. The second-order valence-corrected chi connectivity index (χ2v) is 4.74. The quantitative estimate of drug-likeness (QED) is 0.572. The molecule has 0 unspecified atom stereocenters. The van der Waals surface area contributed by atoms with E-state index in [-0.39, 0.29) is 22.7 Å². The molecule has 25 heavy (non-hydrogen) atoms. The molecule has 0 radical (unpaired) electrons. The van der Waals surface area contributed by atoms with Gasteiger partial charge in [-0.3, -0.25) is 20.3 Å². The Morgan fingerprint density at radius 2 is 1.92 bits per heavy atom. The van der Waals surface area contributed by atoms with Gasteiger partial charge < -0.3 is 15.6 Å². The topological polar surface area (TPSA) is 148 Å². The second kappa shape index (κ2) is 7.17. The largest absolute Gasteiger partial charge is 0.505 e. The van der Waals surface area contributed by atoms with Crippen molar-refractivity contribution in [2.24, 2.45) is 5.73 Å². The number of hydrogen-bond donors (Lipinski definition) is 3. The summed E-state index contributed by atoms with van der Waals surface area (Å²) in [6.45, 7) is 0. The fraction of sp³-hybridized carbons (Fsp3) is 0.0667. The molecule has 0 saturated carbocycles. The normalized spacial score (nSPS) is 9.96. The minimum atomic E-state index is -0.969. The summed E-state index contributed by atoms with van der Waals surface area (Å²) in [5.41, 5.74) is 5.29. The van der Waals surface area contributed by atoms with Crippen LogP contribution in [0.25, 0.3) is 0 Å². The van der Waals surface area contributed by atoms with Crippen molar-refractivity contribution < 1.29 is 24.4 Å². The van der Waals surface area contributed by atoms with Crippen LogP contribution in [0.15, 0.2) is 42.5 Å². The van der Waals surface area contributed by atoms with Gasteiger partial charge in [-0.2, -0.15) is 0 Å². The van der Waals surface area contributed by atoms with Crippen LogP contribution in [0.1, 0.15) is 0 Å². The molecule has 3 amide bonds. The third-order valence-electron chi connectivity index (χ3n) is 3.20. The molecule has 0 fully saturated rings. The molecule has 0 bridgehead atoms. The van der Waals surface area contributed by atoms with Crippen molar-refractivity contribution in [2.45, 2.75) is 0 Å². The lowest BCUT2D eigenvalue weighted by Crippen LogP contribution is -2.32. The van der Waals surface area contributed by atoms with Gasteiger partial charge in [0.1, 0.15) is 5.75 Å². The van der Waals surface area contributed by atoms with Crippen molar-refractivity contribution in [1.82, 2.24) is 0 Å². The van der Waals surface area contributed by atoms with E-state index in [2.05, 4.69) is 10.1 Å². The number of primary amides is 1. The first-order valence-electron chi connectivity index (χ1n) is 6.86. The van der Waals surface area contributed by atoms with Crippen LogP contribution in [0, 0.1) is 10.1 Å². The minimum Gasteiger partial charge on any atom is -0.505 e. The summed E-state index contributed by atoms with van der Waals surface area (Å²) in [5.74, 6) is -0.527. The zero-order valence-electron chi connectivity index (χ0n) is 13.0. The lowest BCUT2D eigenvalue weighted by Gasteiger charge is -2.24. The first-order valence-corrected chi connectivity index (χ1v) is 6.86. The van der Waals surface area contributed by atoms with Crippen molar-refractivity contribution in [3.8, 4) is 5.75 Å². The predicted octanol–water partition coefficient (Wildman–Crippen LogP) is 2.70. The number of phenolic OH excluding ortho intramolecular Hbond substituents is 1. The van der Waals surface area contributed by atoms with Crippen LogP contribution in [0.2, 0.25) is 0 Å². The van der Waals surface area contributed by atoms with Crippen molar-refractivity contribution in [2.75, 3.05) is 17.3 Å². The van der Waals surface area contributed by atoms with Gasteiger partial charge in [0.2, 0.25) is 0 Å². The zero-order valence-corrected chi connectivity index (χ0v) is 13.0. The number of amides is 3. The van der Waals surface area contributed by atoms with Gasteiger partial charge in [-0.25, -0.2) is 9.59 Å². The molecule has 0 atom stereocenters. The Bertz CT molecular complexity index is 839. The molecule has 0 saturated heterocycles. The molecular formula is C15H14N4O6. The number of anilines is 3. The van der Waals surface area contributed by atoms with E-state index in [1.165, 1.54) is 25.3 Å². The predicted molar refractivity (Wildman–Crippen MR) is 89.0 cm³/mol. The van der Waals surface area contributed by atoms with Crippen LogP contribution in [0.5, 0.6) is 5.75 Å². The molecule has 0 aliphatic rings. The summed E-state index contributed by atoms with van der Waals surface area (Å²) in [5, 5.41) is 23.3. The Kier molecular flexibility index (Phi) is 5.03. The number of para-hydroxylation sites is 2. The molecule has 130 valence electrons. The van der Waals surface area contributed by atoms with E-state index in [9.17, 15) is 24.8 Å². The molecule has 10 heteroatoms. The molecule has 2 rings (SSSR count). The molecular weight excluding hydrogens is 332 g/mol. The van der Waals surface area contributed by atoms with Crippen molar-refractivity contribution >= 4 is 34.9 Å². The number of hydrogen-bond acceptors (Lipinski definition) is 6. The number of benzene rings is 2. The fourth-order valence-electron chi connectivity index (χ4n) is 2.12. The number of aromatic hydroxyl groups is 1. The third kappa shape index (κ3) is 3.75. The van der Waals surface area contributed by atoms with Crippen LogP contribution in [-0.4, -0.2) is 29.3 Å². The zero-order chi connectivity index (χ0) is 18.6. The number of nitro benzene ring substituents is 1. The summed E-state index contributed by atoms with van der Waals surface area (Å²) in [6, 6.07) is 8.35. The average molecular weight is 346 g/mol. The number of nitrogens with two attached hydrogens (primary N) is 1. The number of ether oxygens (including phenoxy) is 1. The number of nitrogens with zero attached hydrogens (tertiary/aromatic N) is 2. The SMILES string of the molecule is COC(=O)Nc1ccccc1N(C(N)=O)c1ccc([N+](=O)[O-])cc1O. The van der Waals surface area contributed by atoms with Gasteiger partial charge in [-0.1, -0.05) is 12.1 Å². The first-order chi connectivity index (χ1) is 11.8. The fourth-order valence-corrected chi connectivity index (χ4v) is 2.12. The van der Waals surface area contributed by atoms with Crippen molar-refractivity contribution in [3.63, 3.8) is 0 Å². The lowest BCUT2D eigenvalue weighted by atomic mass is 10.2. The Hall–Kier alpha value is -3.82. The van der Waals surface area contributed by atoms with Crippen molar-refractivity contribution in [3.05, 3.63) is 52.6 Å². The van der Waals surface area contributed by atoms with E-state index in [0.29, 0.717) is 0 Å². The minimum absolute atomic E-state index is 0.0859. The maximum absolute atomic E-state index is 11.9. The Balaban J connectivity index is 2.55. The van der Waals surface area contributed by atoms with Gasteiger partial charge >= 0.3 is 12.1 Å². The smallest absolute Gasteiger partial charge is 0.411 e. The molecule has 2 aromatic carbocycles. The number of carbonyl (C=O) groups excluding carboxylic acids is 2. The Morgan fingerprint density at radius 1 is 1.24 bits per heavy atom. The second-order valence-electron chi connectivity index (χ2n) is 4.74. The van der Waals surface area contributed by atoms with E-state index in [1.807, 2.05) is 0 Å². The van der Waals surface area contributed by atoms with Crippen LogP contribution < -0.4 is 16.0 Å². The molecule has 0 aromatic heterocycles. The van der Waals surface area contributed by atoms with E-state index in [4.69, 9.17) is 5.73 Å². The van der Waals surface area contributed by atoms with Gasteiger partial charge in [0.25, 0.3) is 5.69 Å². The maximum atomic E-state index is 11.9. The van der Waals surface area contributed by atoms with E-state index >= 15 is 0 Å². The monoisotopic (exact) mass is 346 g/mol. The number of non-ortho nitro benzene ring substituents is 1. The highest BCUT2D eigenvalue weighted by molar-refractivity contribution is 6.04. The average Bonchev–Trinajstić information content (AvgIpc) is 2.57. The number of nitro groups is 1. The van der Waals surface area contributed by atoms with Gasteiger partial charge in [0, 0.05) is 6.07 Å².